The van der Waals surface area contributed by atoms with Crippen molar-refractivity contribution in [3.63, 3.8) is 0 Å². The summed E-state index contributed by atoms with van der Waals surface area (Å²) in [4.78, 5) is 10.2. The van der Waals surface area contributed by atoms with Crippen LogP contribution in [-0.2, 0) is 4.79 Å². The molecule has 68 valence electrons. The minimum absolute atomic E-state index is 0.498. The van der Waals surface area contributed by atoms with Gasteiger partial charge < -0.3 is 0 Å². The quantitative estimate of drug-likeness (QED) is 0.544. The first-order valence-electron chi connectivity index (χ1n) is 3.72. The molecule has 0 heterocycles. The third kappa shape index (κ3) is 2.58. The molecule has 0 saturated heterocycles. The number of allylic oxidation sites excluding steroid dienone is 2. The van der Waals surface area contributed by atoms with Crippen LogP contribution in [0.2, 0.25) is 10.0 Å². The van der Waals surface area contributed by atoms with E-state index < -0.39 is 0 Å². The molecule has 0 aliphatic heterocycles. The molecule has 0 bridgehead atoms. The first kappa shape index (κ1) is 10.3. The van der Waals surface area contributed by atoms with Crippen LogP contribution in [0.5, 0.6) is 0 Å². The predicted octanol–water partition coefficient (Wildman–Crippen LogP) is 3.60. The van der Waals surface area contributed by atoms with Gasteiger partial charge in [0.25, 0.3) is 0 Å². The SMILES string of the molecule is C/C(=C\C=O)c1ccc(Cl)c(Cl)c1. The molecule has 0 N–H and O–H groups in total. The van der Waals surface area contributed by atoms with Gasteiger partial charge in [0, 0.05) is 0 Å². The van der Waals surface area contributed by atoms with Crippen molar-refractivity contribution in [3.05, 3.63) is 39.9 Å². The highest BCUT2D eigenvalue weighted by atomic mass is 35.5. The Kier molecular flexibility index (Phi) is 3.52. The zero-order valence-corrected chi connectivity index (χ0v) is 8.56. The summed E-state index contributed by atoms with van der Waals surface area (Å²) in [7, 11) is 0. The van der Waals surface area contributed by atoms with Crippen LogP contribution >= 0.6 is 23.2 Å². The Morgan fingerprint density at radius 3 is 2.54 bits per heavy atom. The van der Waals surface area contributed by atoms with E-state index in [1.807, 2.05) is 13.0 Å². The van der Waals surface area contributed by atoms with Crippen molar-refractivity contribution >= 4 is 35.1 Å². The maximum absolute atomic E-state index is 10.2. The Labute approximate surface area is 87.0 Å². The van der Waals surface area contributed by atoms with Gasteiger partial charge in [0.1, 0.15) is 6.29 Å². The van der Waals surface area contributed by atoms with Crippen LogP contribution < -0.4 is 0 Å². The van der Waals surface area contributed by atoms with Gasteiger partial charge in [0.15, 0.2) is 0 Å². The number of aldehydes is 1. The lowest BCUT2D eigenvalue weighted by atomic mass is 10.1. The van der Waals surface area contributed by atoms with Gasteiger partial charge in [-0.3, -0.25) is 4.79 Å². The molecule has 1 nitrogen and oxygen atoms in total. The van der Waals surface area contributed by atoms with E-state index in [1.165, 1.54) is 6.08 Å². The number of halogens is 2. The topological polar surface area (TPSA) is 17.1 Å². The number of hydrogen-bond acceptors (Lipinski definition) is 1. The monoisotopic (exact) mass is 214 g/mol. The van der Waals surface area contributed by atoms with Crippen molar-refractivity contribution in [2.75, 3.05) is 0 Å². The standard InChI is InChI=1S/C10H8Cl2O/c1-7(4-5-13)8-2-3-9(11)10(12)6-8/h2-6H,1H3/b7-4+. The van der Waals surface area contributed by atoms with Crippen molar-refractivity contribution in [1.82, 2.24) is 0 Å². The number of hydrogen-bond donors (Lipinski definition) is 0. The second-order valence-electron chi connectivity index (χ2n) is 2.61. The molecule has 0 saturated carbocycles. The van der Waals surface area contributed by atoms with E-state index in [4.69, 9.17) is 23.2 Å². The van der Waals surface area contributed by atoms with E-state index in [0.29, 0.717) is 10.0 Å². The minimum Gasteiger partial charge on any atom is -0.299 e. The average Bonchev–Trinajstić information content (AvgIpc) is 2.10. The highest BCUT2D eigenvalue weighted by Gasteiger charge is 2.00. The fourth-order valence-corrected chi connectivity index (χ4v) is 1.24. The van der Waals surface area contributed by atoms with Crippen LogP contribution in [0.4, 0.5) is 0 Å². The van der Waals surface area contributed by atoms with E-state index in [2.05, 4.69) is 0 Å². The molecule has 0 aromatic heterocycles. The third-order valence-electron chi connectivity index (χ3n) is 1.69. The molecule has 0 amide bonds. The lowest BCUT2D eigenvalue weighted by Crippen LogP contribution is -1.80. The van der Waals surface area contributed by atoms with Crippen LogP contribution in [0.3, 0.4) is 0 Å². The van der Waals surface area contributed by atoms with Gasteiger partial charge in [-0.1, -0.05) is 29.3 Å². The Hall–Kier alpha value is -0.790. The summed E-state index contributed by atoms with van der Waals surface area (Å²) in [6.45, 7) is 1.84. The molecule has 0 aliphatic rings. The Morgan fingerprint density at radius 2 is 2.00 bits per heavy atom. The maximum Gasteiger partial charge on any atom is 0.143 e. The van der Waals surface area contributed by atoms with Gasteiger partial charge in [0.05, 0.1) is 10.0 Å². The predicted molar refractivity (Wildman–Crippen MR) is 56.2 cm³/mol. The minimum atomic E-state index is 0.498. The number of rotatable bonds is 2. The van der Waals surface area contributed by atoms with Crippen LogP contribution in [0.25, 0.3) is 5.57 Å². The molecule has 0 unspecified atom stereocenters. The molecular formula is C10H8Cl2O. The van der Waals surface area contributed by atoms with Crippen molar-refractivity contribution < 1.29 is 4.79 Å². The second kappa shape index (κ2) is 4.45. The number of benzene rings is 1. The summed E-state index contributed by atoms with van der Waals surface area (Å²) in [6.07, 6.45) is 2.23. The summed E-state index contributed by atoms with van der Waals surface area (Å²) in [5, 5.41) is 1.02. The van der Waals surface area contributed by atoms with Gasteiger partial charge in [0.2, 0.25) is 0 Å². The van der Waals surface area contributed by atoms with Gasteiger partial charge in [-0.15, -0.1) is 0 Å². The summed E-state index contributed by atoms with van der Waals surface area (Å²) in [5.74, 6) is 0. The van der Waals surface area contributed by atoms with Crippen molar-refractivity contribution in [3.8, 4) is 0 Å². The molecule has 13 heavy (non-hydrogen) atoms. The van der Waals surface area contributed by atoms with Crippen LogP contribution in [0.15, 0.2) is 24.3 Å². The zero-order valence-electron chi connectivity index (χ0n) is 7.05. The number of carbonyl (C=O) groups excluding carboxylic acids is 1. The van der Waals surface area contributed by atoms with Crippen LogP contribution in [0, 0.1) is 0 Å². The molecule has 0 aliphatic carbocycles. The molecule has 3 heteroatoms. The molecule has 1 aromatic rings. The summed E-state index contributed by atoms with van der Waals surface area (Å²) in [6, 6.07) is 5.27. The summed E-state index contributed by atoms with van der Waals surface area (Å²) in [5.41, 5.74) is 1.77. The molecule has 0 spiro atoms. The molecule has 0 radical (unpaired) electrons. The summed E-state index contributed by atoms with van der Waals surface area (Å²) >= 11 is 11.6. The normalized spacial score (nSPS) is 11.5. The van der Waals surface area contributed by atoms with Gasteiger partial charge >= 0.3 is 0 Å². The molecular weight excluding hydrogens is 207 g/mol. The summed E-state index contributed by atoms with van der Waals surface area (Å²) < 4.78 is 0. The van der Waals surface area contributed by atoms with Crippen molar-refractivity contribution in [2.45, 2.75) is 6.92 Å². The molecule has 0 fully saturated rings. The van der Waals surface area contributed by atoms with Crippen LogP contribution in [-0.4, -0.2) is 6.29 Å². The first-order chi connectivity index (χ1) is 6.15. The van der Waals surface area contributed by atoms with E-state index in [-0.39, 0.29) is 0 Å². The lowest BCUT2D eigenvalue weighted by molar-refractivity contribution is -0.104. The van der Waals surface area contributed by atoms with E-state index in [0.717, 1.165) is 17.4 Å². The number of carbonyl (C=O) groups is 1. The van der Waals surface area contributed by atoms with Gasteiger partial charge in [-0.25, -0.2) is 0 Å². The van der Waals surface area contributed by atoms with E-state index >= 15 is 0 Å². The van der Waals surface area contributed by atoms with Gasteiger partial charge in [-0.2, -0.15) is 0 Å². The highest BCUT2D eigenvalue weighted by molar-refractivity contribution is 6.42. The van der Waals surface area contributed by atoms with E-state index in [9.17, 15) is 4.79 Å². The fraction of sp³-hybridized carbons (Fsp3) is 0.100. The lowest BCUT2D eigenvalue weighted by Gasteiger charge is -2.01. The second-order valence-corrected chi connectivity index (χ2v) is 3.43. The van der Waals surface area contributed by atoms with Gasteiger partial charge in [-0.05, 0) is 36.3 Å². The fourth-order valence-electron chi connectivity index (χ4n) is 0.940. The van der Waals surface area contributed by atoms with Crippen molar-refractivity contribution in [2.24, 2.45) is 0 Å². The Morgan fingerprint density at radius 1 is 1.31 bits per heavy atom. The maximum atomic E-state index is 10.2. The Bertz CT molecular complexity index is 356. The largest absolute Gasteiger partial charge is 0.299 e. The smallest absolute Gasteiger partial charge is 0.143 e. The van der Waals surface area contributed by atoms with E-state index in [1.54, 1.807) is 12.1 Å². The zero-order chi connectivity index (χ0) is 9.84. The van der Waals surface area contributed by atoms with Crippen molar-refractivity contribution in [1.29, 1.82) is 0 Å². The first-order valence-corrected chi connectivity index (χ1v) is 4.48. The molecule has 1 aromatic carbocycles. The Balaban J connectivity index is 3.10. The average molecular weight is 215 g/mol. The molecule has 0 atom stereocenters. The van der Waals surface area contributed by atoms with Crippen LogP contribution in [0.1, 0.15) is 12.5 Å². The molecule has 1 rings (SSSR count). The third-order valence-corrected chi connectivity index (χ3v) is 2.43. The highest BCUT2D eigenvalue weighted by Crippen LogP contribution is 2.25.